The van der Waals surface area contributed by atoms with Crippen molar-refractivity contribution >= 4 is 5.97 Å². The van der Waals surface area contributed by atoms with E-state index >= 15 is 0 Å². The van der Waals surface area contributed by atoms with Crippen LogP contribution < -0.4 is 0 Å². The first kappa shape index (κ1) is 33.8. The number of aliphatic hydroxyl groups excluding tert-OH is 6. The second-order valence-electron chi connectivity index (χ2n) is 17.4. The molecule has 0 radical (unpaired) electrons. The Kier molecular flexibility index (Phi) is 8.25. The Hall–Kier alpha value is -1.07. The molecule has 16 atom stereocenters. The summed E-state index contributed by atoms with van der Waals surface area (Å²) < 4.78 is 11.6. The lowest BCUT2D eigenvalue weighted by molar-refractivity contribution is -0.297. The highest BCUT2D eigenvalue weighted by Gasteiger charge is 2.70. The van der Waals surface area contributed by atoms with Crippen molar-refractivity contribution in [1.82, 2.24) is 0 Å². The second kappa shape index (κ2) is 11.0. The Morgan fingerprint density at radius 2 is 1.60 bits per heavy atom. The molecule has 2 unspecified atom stereocenters. The summed E-state index contributed by atoms with van der Waals surface area (Å²) >= 11 is 0. The van der Waals surface area contributed by atoms with Gasteiger partial charge in [0.2, 0.25) is 6.29 Å². The zero-order chi connectivity index (χ0) is 33.1. The third-order valence-corrected chi connectivity index (χ3v) is 15.4. The minimum atomic E-state index is -1.63. The first-order valence-corrected chi connectivity index (χ1v) is 17.5. The van der Waals surface area contributed by atoms with Gasteiger partial charge in [0.15, 0.2) is 0 Å². The molecule has 6 aliphatic rings. The molecule has 4 saturated carbocycles. The highest BCUT2D eigenvalue weighted by atomic mass is 16.7. The van der Waals surface area contributed by atoms with Crippen LogP contribution in [-0.4, -0.2) is 86.1 Å². The molecule has 45 heavy (non-hydrogen) atoms. The van der Waals surface area contributed by atoms with E-state index < -0.39 is 60.9 Å². The molecule has 0 spiro atoms. The topological polar surface area (TPSA) is 157 Å². The Balaban J connectivity index is 1.37. The minimum absolute atomic E-state index is 0.0594. The first-order valence-electron chi connectivity index (χ1n) is 17.5. The number of carbonyl (C=O) groups is 1. The molecule has 1 heterocycles. The molecule has 5 fully saturated rings. The van der Waals surface area contributed by atoms with Gasteiger partial charge in [-0.25, -0.2) is 0 Å². The lowest BCUT2D eigenvalue weighted by Crippen LogP contribution is -2.67. The number of ether oxygens (including phenoxy) is 2. The summed E-state index contributed by atoms with van der Waals surface area (Å²) in [5, 5.41) is 63.2. The maximum Gasteiger partial charge on any atom is 0.315 e. The average Bonchev–Trinajstić information content (AvgIpc) is 2.98. The molecule has 0 amide bonds. The number of fused-ring (bicyclic) bond motifs is 7. The number of carbonyl (C=O) groups excluding carboxylic acids is 1. The molecule has 256 valence electrons. The van der Waals surface area contributed by atoms with Crippen LogP contribution in [0.15, 0.2) is 11.6 Å². The lowest BCUT2D eigenvalue weighted by Gasteiger charge is -2.71. The Labute approximate surface area is 268 Å². The SMILES string of the molecule is C[C@H]1[C@H](C)CC[C@]2(C(=O)O[C@@H]3O[C@H](CO)[C@@H](O)[C@H](O)[C@H]3O)CC[C@]3(C)C(=CCC4[C@@]5(C)C[C@@H](O)[C@@H](O)C(C)(C)C5CC[C@]43C)[C@H]12. The minimum Gasteiger partial charge on any atom is -0.432 e. The largest absolute Gasteiger partial charge is 0.432 e. The van der Waals surface area contributed by atoms with Crippen molar-refractivity contribution in [2.24, 2.45) is 56.7 Å². The van der Waals surface area contributed by atoms with Crippen LogP contribution in [0, 0.1) is 56.7 Å². The van der Waals surface area contributed by atoms with Gasteiger partial charge in [0.25, 0.3) is 0 Å². The smallest absolute Gasteiger partial charge is 0.315 e. The summed E-state index contributed by atoms with van der Waals surface area (Å²) in [5.41, 5.74) is -0.223. The molecular formula is C36H58O9. The third-order valence-electron chi connectivity index (χ3n) is 15.4. The average molecular weight is 635 g/mol. The van der Waals surface area contributed by atoms with Gasteiger partial charge in [-0.1, -0.05) is 60.1 Å². The van der Waals surface area contributed by atoms with Gasteiger partial charge in [0.05, 0.1) is 24.2 Å². The fourth-order valence-electron chi connectivity index (χ4n) is 12.4. The molecule has 9 nitrogen and oxygen atoms in total. The molecular weight excluding hydrogens is 576 g/mol. The summed E-state index contributed by atoms with van der Waals surface area (Å²) in [5.74, 6) is 0.739. The number of esters is 1. The number of allylic oxidation sites excluding steroid dienone is 2. The van der Waals surface area contributed by atoms with E-state index in [1.54, 1.807) is 0 Å². The van der Waals surface area contributed by atoms with Crippen LogP contribution in [0.1, 0.15) is 99.8 Å². The Bertz CT molecular complexity index is 1200. The summed E-state index contributed by atoms with van der Waals surface area (Å²) in [4.78, 5) is 14.4. The van der Waals surface area contributed by atoms with Gasteiger partial charge >= 0.3 is 5.97 Å². The fraction of sp³-hybridized carbons (Fsp3) is 0.917. The van der Waals surface area contributed by atoms with Gasteiger partial charge in [-0.15, -0.1) is 0 Å². The molecule has 6 N–H and O–H groups in total. The third kappa shape index (κ3) is 4.46. The van der Waals surface area contributed by atoms with E-state index in [0.29, 0.717) is 37.0 Å². The van der Waals surface area contributed by atoms with E-state index in [1.165, 1.54) is 5.57 Å². The van der Waals surface area contributed by atoms with Gasteiger partial charge < -0.3 is 40.1 Å². The lowest BCUT2D eigenvalue weighted by atomic mass is 9.33. The van der Waals surface area contributed by atoms with Crippen molar-refractivity contribution in [3.8, 4) is 0 Å². The van der Waals surface area contributed by atoms with Crippen LogP contribution in [0.25, 0.3) is 0 Å². The standard InChI is InChI=1S/C36H58O9/c1-18-10-13-36(31(43)45-30-28(41)27(40)26(39)22(17-37)44-30)15-14-34(6)20(25(36)19(18)2)8-9-24-33(5)16-21(38)29(42)32(3,4)23(33)11-12-35(24,34)7/h8,18-19,21-30,37-42H,9-17H2,1-7H3/t18-,19+,21-,22-,23?,24?,25+,26-,27+,28-,29-,30+,33+,34-,35-,36+/m1/s1. The zero-order valence-corrected chi connectivity index (χ0v) is 28.3. The van der Waals surface area contributed by atoms with Gasteiger partial charge in [-0.2, -0.15) is 0 Å². The highest BCUT2D eigenvalue weighted by Crippen LogP contribution is 2.75. The predicted octanol–water partition coefficient (Wildman–Crippen LogP) is 3.32. The number of rotatable bonds is 3. The van der Waals surface area contributed by atoms with Crippen molar-refractivity contribution in [1.29, 1.82) is 0 Å². The zero-order valence-electron chi connectivity index (χ0n) is 28.3. The van der Waals surface area contributed by atoms with Crippen molar-refractivity contribution in [2.45, 2.75) is 143 Å². The monoisotopic (exact) mass is 634 g/mol. The molecule has 1 aliphatic heterocycles. The van der Waals surface area contributed by atoms with Gasteiger partial charge in [0.1, 0.15) is 24.4 Å². The molecule has 0 aromatic heterocycles. The Morgan fingerprint density at radius 1 is 0.911 bits per heavy atom. The van der Waals surface area contributed by atoms with E-state index in [0.717, 1.165) is 32.1 Å². The Morgan fingerprint density at radius 3 is 2.27 bits per heavy atom. The van der Waals surface area contributed by atoms with Gasteiger partial charge in [-0.3, -0.25) is 4.79 Å². The van der Waals surface area contributed by atoms with E-state index in [1.807, 2.05) is 0 Å². The van der Waals surface area contributed by atoms with Gasteiger partial charge in [0, 0.05) is 0 Å². The number of hydrogen-bond acceptors (Lipinski definition) is 9. The van der Waals surface area contributed by atoms with E-state index in [2.05, 4.69) is 54.5 Å². The maximum absolute atomic E-state index is 14.4. The van der Waals surface area contributed by atoms with Crippen molar-refractivity contribution < 1.29 is 44.9 Å². The molecule has 9 heteroatoms. The summed E-state index contributed by atoms with van der Waals surface area (Å²) in [6, 6.07) is 0. The summed E-state index contributed by atoms with van der Waals surface area (Å²) in [6.45, 7) is 15.4. The van der Waals surface area contributed by atoms with E-state index in [9.17, 15) is 35.4 Å². The molecule has 0 bridgehead atoms. The quantitative estimate of drug-likeness (QED) is 0.203. The van der Waals surface area contributed by atoms with Crippen LogP contribution in [0.3, 0.4) is 0 Å². The van der Waals surface area contributed by atoms with Crippen molar-refractivity contribution in [3.63, 3.8) is 0 Å². The van der Waals surface area contributed by atoms with Gasteiger partial charge in [-0.05, 0) is 103 Å². The molecule has 5 aliphatic carbocycles. The van der Waals surface area contributed by atoms with Crippen LogP contribution in [0.5, 0.6) is 0 Å². The van der Waals surface area contributed by atoms with Crippen LogP contribution >= 0.6 is 0 Å². The van der Waals surface area contributed by atoms with Crippen LogP contribution in [0.2, 0.25) is 0 Å². The highest BCUT2D eigenvalue weighted by molar-refractivity contribution is 5.79. The van der Waals surface area contributed by atoms with Crippen molar-refractivity contribution in [3.05, 3.63) is 11.6 Å². The summed E-state index contributed by atoms with van der Waals surface area (Å²) in [7, 11) is 0. The maximum atomic E-state index is 14.4. The predicted molar refractivity (Wildman–Crippen MR) is 166 cm³/mol. The first-order chi connectivity index (χ1) is 20.9. The normalized spacial score (nSPS) is 55.7. The van der Waals surface area contributed by atoms with E-state index in [4.69, 9.17) is 9.47 Å². The fourth-order valence-corrected chi connectivity index (χ4v) is 12.4. The van der Waals surface area contributed by atoms with E-state index in [-0.39, 0.29) is 33.5 Å². The molecule has 0 aromatic rings. The number of hydrogen-bond donors (Lipinski definition) is 6. The summed E-state index contributed by atoms with van der Waals surface area (Å²) in [6.07, 6.45) is -0.00749. The molecule has 1 saturated heterocycles. The van der Waals surface area contributed by atoms with Crippen LogP contribution in [-0.2, 0) is 14.3 Å². The van der Waals surface area contributed by atoms with Crippen LogP contribution in [0.4, 0.5) is 0 Å². The molecule has 0 aromatic carbocycles. The second-order valence-corrected chi connectivity index (χ2v) is 17.4. The molecule has 6 rings (SSSR count). The number of aliphatic hydroxyl groups is 6. The van der Waals surface area contributed by atoms with Crippen molar-refractivity contribution in [2.75, 3.05) is 6.61 Å².